The highest BCUT2D eigenvalue weighted by atomic mass is 16.3. The Hall–Kier alpha value is -2.29. The number of amides is 1. The van der Waals surface area contributed by atoms with Crippen molar-refractivity contribution in [2.75, 3.05) is 5.32 Å². The summed E-state index contributed by atoms with van der Waals surface area (Å²) in [7, 11) is 0. The number of phenolic OH excluding ortho intramolecular Hbond substituents is 1. The van der Waals surface area contributed by atoms with E-state index in [-0.39, 0.29) is 24.2 Å². The highest BCUT2D eigenvalue weighted by Crippen LogP contribution is 2.40. The summed E-state index contributed by atoms with van der Waals surface area (Å²) in [4.78, 5) is 12.3. The van der Waals surface area contributed by atoms with Gasteiger partial charge in [0.25, 0.3) is 0 Å². The molecule has 0 aromatic heterocycles. The van der Waals surface area contributed by atoms with Crippen molar-refractivity contribution in [3.8, 4) is 5.75 Å². The Morgan fingerprint density at radius 1 is 0.929 bits per heavy atom. The highest BCUT2D eigenvalue weighted by molar-refractivity contribution is 5.90. The van der Waals surface area contributed by atoms with Gasteiger partial charge in [0.2, 0.25) is 5.91 Å². The molecule has 2 N–H and O–H groups in total. The Morgan fingerprint density at radius 2 is 1.39 bits per heavy atom. The second-order valence-corrected chi connectivity index (χ2v) is 9.45. The van der Waals surface area contributed by atoms with E-state index >= 15 is 0 Å². The number of phenols is 1. The largest absolute Gasteiger partial charge is 0.507 e. The molecule has 0 saturated carbocycles. The van der Waals surface area contributed by atoms with Crippen LogP contribution in [0.15, 0.2) is 36.4 Å². The van der Waals surface area contributed by atoms with Crippen LogP contribution in [0.1, 0.15) is 77.6 Å². The van der Waals surface area contributed by atoms with Crippen LogP contribution in [0.3, 0.4) is 0 Å². The molecule has 0 aliphatic carbocycles. The minimum absolute atomic E-state index is 0. The zero-order valence-electron chi connectivity index (χ0n) is 17.7. The van der Waals surface area contributed by atoms with Crippen LogP contribution < -0.4 is 5.32 Å². The summed E-state index contributed by atoms with van der Waals surface area (Å²) < 4.78 is 0. The van der Waals surface area contributed by atoms with Crippen molar-refractivity contribution in [2.45, 2.75) is 79.6 Å². The third kappa shape index (κ3) is 6.12. The van der Waals surface area contributed by atoms with Crippen molar-refractivity contribution in [3.05, 3.63) is 58.7 Å². The molecule has 0 fully saturated rings. The lowest BCUT2D eigenvalue weighted by molar-refractivity contribution is -0.116. The van der Waals surface area contributed by atoms with E-state index in [1.165, 1.54) is 5.56 Å². The molecule has 3 nitrogen and oxygen atoms in total. The Balaban J connectivity index is 0.00000392. The molecule has 2 aromatic carbocycles. The number of aromatic hydroxyl groups is 1. The zero-order valence-corrected chi connectivity index (χ0v) is 17.7. The molecule has 0 aliphatic rings. The second kappa shape index (κ2) is 8.81. The Bertz CT molecular complexity index is 771. The first-order valence-electron chi connectivity index (χ1n) is 9.61. The van der Waals surface area contributed by atoms with Gasteiger partial charge >= 0.3 is 0 Å². The van der Waals surface area contributed by atoms with Crippen molar-refractivity contribution in [1.29, 1.82) is 0 Å². The summed E-state index contributed by atoms with van der Waals surface area (Å²) in [5.74, 6) is 0.379. The first kappa shape index (κ1) is 23.7. The van der Waals surface area contributed by atoms with Gasteiger partial charge in [-0.25, -0.2) is 0 Å². The number of hydrogen-bond acceptors (Lipinski definition) is 2. The van der Waals surface area contributed by atoms with E-state index in [9.17, 15) is 9.90 Å². The number of aryl methyl sites for hydroxylation is 2. The molecule has 0 heterocycles. The summed E-state index contributed by atoms with van der Waals surface area (Å²) in [6.45, 7) is 14.6. The number of benzene rings is 2. The van der Waals surface area contributed by atoms with Crippen molar-refractivity contribution in [1.82, 2.24) is 0 Å². The minimum atomic E-state index is -0.162. The van der Waals surface area contributed by atoms with Crippen molar-refractivity contribution in [3.63, 3.8) is 0 Å². The van der Waals surface area contributed by atoms with Crippen LogP contribution in [0, 0.1) is 6.92 Å². The topological polar surface area (TPSA) is 49.3 Å². The molecule has 2 rings (SSSR count). The van der Waals surface area contributed by atoms with Gasteiger partial charge in [-0.15, -0.1) is 0 Å². The maximum Gasteiger partial charge on any atom is 0.224 e. The number of hydrogen-bond donors (Lipinski definition) is 2. The third-order valence-corrected chi connectivity index (χ3v) is 4.76. The van der Waals surface area contributed by atoms with E-state index < -0.39 is 0 Å². The summed E-state index contributed by atoms with van der Waals surface area (Å²) in [6.07, 6.45) is 1.05. The average molecular weight is 384 g/mol. The SMILES string of the molecule is C.Cc1ccc(NC(=O)CCc2cc(C(C)(C)C)c(O)c(C(C)(C)C)c2)cc1. The Labute approximate surface area is 171 Å². The number of carbonyl (C=O) groups is 1. The van der Waals surface area contributed by atoms with Gasteiger partial charge in [0.1, 0.15) is 5.75 Å². The fourth-order valence-electron chi connectivity index (χ4n) is 3.10. The molecular formula is C25H37NO2. The van der Waals surface area contributed by atoms with Gasteiger partial charge in [-0.2, -0.15) is 0 Å². The van der Waals surface area contributed by atoms with Crippen LogP contribution in [0.2, 0.25) is 0 Å². The van der Waals surface area contributed by atoms with Crippen LogP contribution in [-0.2, 0) is 22.0 Å². The first-order chi connectivity index (χ1) is 12.4. The molecule has 0 saturated heterocycles. The lowest BCUT2D eigenvalue weighted by Gasteiger charge is -2.28. The maximum atomic E-state index is 12.3. The quantitative estimate of drug-likeness (QED) is 0.633. The summed E-state index contributed by atoms with van der Waals surface area (Å²) in [5, 5.41) is 13.8. The van der Waals surface area contributed by atoms with Crippen molar-refractivity contribution >= 4 is 11.6 Å². The predicted molar refractivity (Wildman–Crippen MR) is 120 cm³/mol. The molecule has 28 heavy (non-hydrogen) atoms. The molecule has 1 amide bonds. The maximum absolute atomic E-state index is 12.3. The predicted octanol–water partition coefficient (Wildman–Crippen LogP) is 6.50. The Morgan fingerprint density at radius 3 is 1.82 bits per heavy atom. The second-order valence-electron chi connectivity index (χ2n) is 9.45. The van der Waals surface area contributed by atoms with Gasteiger partial charge in [0.15, 0.2) is 0 Å². The van der Waals surface area contributed by atoms with Crippen LogP contribution in [-0.4, -0.2) is 11.0 Å². The van der Waals surface area contributed by atoms with Gasteiger partial charge in [0, 0.05) is 12.1 Å². The molecule has 0 spiro atoms. The average Bonchev–Trinajstić information content (AvgIpc) is 2.54. The highest BCUT2D eigenvalue weighted by Gasteiger charge is 2.26. The molecule has 0 atom stereocenters. The lowest BCUT2D eigenvalue weighted by atomic mass is 9.78. The van der Waals surface area contributed by atoms with E-state index in [1.807, 2.05) is 43.3 Å². The van der Waals surface area contributed by atoms with E-state index in [1.54, 1.807) is 0 Å². The Kier molecular flexibility index (Phi) is 7.47. The van der Waals surface area contributed by atoms with Crippen molar-refractivity contribution in [2.24, 2.45) is 0 Å². The van der Waals surface area contributed by atoms with E-state index in [0.29, 0.717) is 18.6 Å². The number of nitrogens with one attached hydrogen (secondary N) is 1. The molecule has 0 unspecified atom stereocenters. The minimum Gasteiger partial charge on any atom is -0.507 e. The van der Waals surface area contributed by atoms with Crippen LogP contribution in [0.4, 0.5) is 5.69 Å². The number of carbonyl (C=O) groups excluding carboxylic acids is 1. The number of anilines is 1. The van der Waals surface area contributed by atoms with Crippen LogP contribution >= 0.6 is 0 Å². The first-order valence-corrected chi connectivity index (χ1v) is 9.61. The molecule has 2 aromatic rings. The normalized spacial score (nSPS) is 11.7. The fraction of sp³-hybridized carbons (Fsp3) is 0.480. The smallest absolute Gasteiger partial charge is 0.224 e. The van der Waals surface area contributed by atoms with Crippen molar-refractivity contribution < 1.29 is 9.90 Å². The van der Waals surface area contributed by atoms with Gasteiger partial charge in [-0.05, 0) is 53.0 Å². The van der Waals surface area contributed by atoms with Gasteiger partial charge < -0.3 is 10.4 Å². The fourth-order valence-corrected chi connectivity index (χ4v) is 3.10. The monoisotopic (exact) mass is 383 g/mol. The number of rotatable bonds is 4. The molecule has 0 radical (unpaired) electrons. The standard InChI is InChI=1S/C24H33NO2.CH4/c1-16-8-11-18(12-9-16)25-21(26)13-10-17-14-19(23(2,3)4)22(27)20(15-17)24(5,6)7;/h8-9,11-12,14-15,27H,10,13H2,1-7H3,(H,25,26);1H4. The van der Waals surface area contributed by atoms with Crippen LogP contribution in [0.25, 0.3) is 0 Å². The summed E-state index contributed by atoms with van der Waals surface area (Å²) >= 11 is 0. The van der Waals surface area contributed by atoms with Gasteiger partial charge in [-0.3, -0.25) is 4.79 Å². The molecule has 3 heteroatoms. The van der Waals surface area contributed by atoms with E-state index in [0.717, 1.165) is 22.4 Å². The lowest BCUT2D eigenvalue weighted by Crippen LogP contribution is -2.18. The summed E-state index contributed by atoms with van der Waals surface area (Å²) in [6, 6.07) is 11.9. The molecule has 154 valence electrons. The van der Waals surface area contributed by atoms with E-state index in [2.05, 4.69) is 46.9 Å². The molecule has 0 bridgehead atoms. The summed E-state index contributed by atoms with van der Waals surface area (Å²) in [5.41, 5.74) is 4.62. The van der Waals surface area contributed by atoms with Gasteiger partial charge in [0.05, 0.1) is 0 Å². The zero-order chi connectivity index (χ0) is 20.4. The van der Waals surface area contributed by atoms with Gasteiger partial charge in [-0.1, -0.05) is 78.8 Å². The third-order valence-electron chi connectivity index (χ3n) is 4.76. The molecule has 0 aliphatic heterocycles. The van der Waals surface area contributed by atoms with E-state index in [4.69, 9.17) is 0 Å². The van der Waals surface area contributed by atoms with Crippen LogP contribution in [0.5, 0.6) is 5.75 Å². The molecular weight excluding hydrogens is 346 g/mol.